The summed E-state index contributed by atoms with van der Waals surface area (Å²) in [4.78, 5) is 6.39. The summed E-state index contributed by atoms with van der Waals surface area (Å²) in [5.74, 6) is 0.472. The molecule has 116 valence electrons. The molecule has 2 aliphatic rings. The Morgan fingerprint density at radius 3 is 2.62 bits per heavy atom. The molecule has 0 bridgehead atoms. The van der Waals surface area contributed by atoms with Gasteiger partial charge in [-0.3, -0.25) is 0 Å². The fourth-order valence-corrected chi connectivity index (χ4v) is 4.68. The fraction of sp³-hybridized carbons (Fsp3) is 0.643. The molecule has 7 heteroatoms. The SMILES string of the molecule is O=S(=O)(c1cccnc1N1CCC(O)C1)N1CCCCC1. The van der Waals surface area contributed by atoms with Crippen molar-refractivity contribution in [1.29, 1.82) is 0 Å². The normalized spacial score (nSPS) is 24.4. The van der Waals surface area contributed by atoms with Gasteiger partial charge < -0.3 is 10.0 Å². The number of hydrogen-bond donors (Lipinski definition) is 1. The summed E-state index contributed by atoms with van der Waals surface area (Å²) in [5, 5.41) is 9.67. The lowest BCUT2D eigenvalue weighted by atomic mass is 10.2. The molecule has 0 radical (unpaired) electrons. The van der Waals surface area contributed by atoms with E-state index in [1.54, 1.807) is 22.6 Å². The molecule has 0 spiro atoms. The molecule has 0 saturated carbocycles. The molecule has 1 aromatic rings. The summed E-state index contributed by atoms with van der Waals surface area (Å²) in [6.45, 7) is 2.25. The number of piperidine rings is 1. The summed E-state index contributed by atoms with van der Waals surface area (Å²) in [6.07, 6.45) is 4.77. The van der Waals surface area contributed by atoms with Crippen LogP contribution in [0.25, 0.3) is 0 Å². The number of sulfonamides is 1. The Balaban J connectivity index is 1.94. The van der Waals surface area contributed by atoms with Gasteiger partial charge in [-0.25, -0.2) is 13.4 Å². The van der Waals surface area contributed by atoms with Crippen molar-refractivity contribution in [3.05, 3.63) is 18.3 Å². The van der Waals surface area contributed by atoms with Crippen LogP contribution >= 0.6 is 0 Å². The minimum absolute atomic E-state index is 0.265. The monoisotopic (exact) mass is 311 g/mol. The third kappa shape index (κ3) is 2.90. The average molecular weight is 311 g/mol. The smallest absolute Gasteiger partial charge is 0.246 e. The van der Waals surface area contributed by atoms with Crippen LogP contribution in [-0.2, 0) is 10.0 Å². The van der Waals surface area contributed by atoms with Crippen molar-refractivity contribution in [3.63, 3.8) is 0 Å². The lowest BCUT2D eigenvalue weighted by molar-refractivity contribution is 0.198. The van der Waals surface area contributed by atoms with Crippen molar-refractivity contribution < 1.29 is 13.5 Å². The standard InChI is InChI=1S/C14H21N3O3S/c18-12-6-10-16(11-12)14-13(5-4-7-15-14)21(19,20)17-8-2-1-3-9-17/h4-5,7,12,18H,1-3,6,8-11H2. The van der Waals surface area contributed by atoms with Gasteiger partial charge in [0.25, 0.3) is 0 Å². The molecule has 2 aliphatic heterocycles. The first kappa shape index (κ1) is 14.7. The van der Waals surface area contributed by atoms with Gasteiger partial charge in [-0.05, 0) is 31.4 Å². The van der Waals surface area contributed by atoms with Crippen LogP contribution < -0.4 is 4.90 Å². The number of pyridine rings is 1. The van der Waals surface area contributed by atoms with E-state index in [-0.39, 0.29) is 4.90 Å². The first-order valence-corrected chi connectivity index (χ1v) is 8.91. The second kappa shape index (κ2) is 5.90. The van der Waals surface area contributed by atoms with Gasteiger partial charge in [0.15, 0.2) is 0 Å². The number of rotatable bonds is 3. The van der Waals surface area contributed by atoms with Crippen LogP contribution in [-0.4, -0.2) is 55.1 Å². The second-order valence-corrected chi connectivity index (χ2v) is 7.58. The molecule has 0 amide bonds. The van der Waals surface area contributed by atoms with Crippen LogP contribution in [0.15, 0.2) is 23.2 Å². The Morgan fingerprint density at radius 1 is 1.19 bits per heavy atom. The molecular weight excluding hydrogens is 290 g/mol. The quantitative estimate of drug-likeness (QED) is 0.895. The third-order valence-electron chi connectivity index (χ3n) is 4.15. The molecule has 1 N–H and O–H groups in total. The Labute approximate surface area is 125 Å². The van der Waals surface area contributed by atoms with Crippen molar-refractivity contribution in [1.82, 2.24) is 9.29 Å². The molecule has 0 aliphatic carbocycles. The van der Waals surface area contributed by atoms with Crippen LogP contribution in [0.3, 0.4) is 0 Å². The molecule has 6 nitrogen and oxygen atoms in total. The van der Waals surface area contributed by atoms with Gasteiger partial charge in [0.1, 0.15) is 10.7 Å². The van der Waals surface area contributed by atoms with E-state index >= 15 is 0 Å². The predicted octanol–water partition coefficient (Wildman–Crippen LogP) is 0.827. The number of aliphatic hydroxyl groups is 1. The lowest BCUT2D eigenvalue weighted by Gasteiger charge is -2.28. The molecule has 0 aromatic carbocycles. The van der Waals surface area contributed by atoms with E-state index in [1.807, 2.05) is 4.90 Å². The van der Waals surface area contributed by atoms with E-state index in [0.717, 1.165) is 19.3 Å². The molecule has 2 fully saturated rings. The van der Waals surface area contributed by atoms with E-state index in [4.69, 9.17) is 0 Å². The molecular formula is C14H21N3O3S. The van der Waals surface area contributed by atoms with Gasteiger partial charge in [0.2, 0.25) is 10.0 Å². The average Bonchev–Trinajstić information content (AvgIpc) is 2.95. The molecule has 2 saturated heterocycles. The van der Waals surface area contributed by atoms with Gasteiger partial charge in [0.05, 0.1) is 6.10 Å². The maximum atomic E-state index is 12.8. The molecule has 21 heavy (non-hydrogen) atoms. The van der Waals surface area contributed by atoms with Crippen molar-refractivity contribution in [2.24, 2.45) is 0 Å². The van der Waals surface area contributed by atoms with Gasteiger partial charge in [-0.2, -0.15) is 4.31 Å². The molecule has 1 aromatic heterocycles. The molecule has 1 atom stereocenters. The van der Waals surface area contributed by atoms with Crippen LogP contribution in [0.5, 0.6) is 0 Å². The minimum Gasteiger partial charge on any atom is -0.391 e. The topological polar surface area (TPSA) is 73.7 Å². The maximum absolute atomic E-state index is 12.8. The van der Waals surface area contributed by atoms with Crippen LogP contribution in [0.1, 0.15) is 25.7 Å². The van der Waals surface area contributed by atoms with Gasteiger partial charge in [-0.1, -0.05) is 6.42 Å². The fourth-order valence-electron chi connectivity index (χ4n) is 3.00. The summed E-state index contributed by atoms with van der Waals surface area (Å²) in [6, 6.07) is 3.28. The first-order chi connectivity index (χ1) is 10.1. The van der Waals surface area contributed by atoms with E-state index in [9.17, 15) is 13.5 Å². The number of nitrogens with zero attached hydrogens (tertiary/aromatic N) is 3. The number of aromatic nitrogens is 1. The van der Waals surface area contributed by atoms with Gasteiger partial charge >= 0.3 is 0 Å². The van der Waals surface area contributed by atoms with E-state index in [1.165, 1.54) is 0 Å². The van der Waals surface area contributed by atoms with Gasteiger partial charge in [0, 0.05) is 32.4 Å². The minimum atomic E-state index is -3.50. The van der Waals surface area contributed by atoms with Gasteiger partial charge in [-0.15, -0.1) is 0 Å². The Hall–Kier alpha value is -1.18. The Kier molecular flexibility index (Phi) is 4.14. The van der Waals surface area contributed by atoms with E-state index in [0.29, 0.717) is 38.4 Å². The van der Waals surface area contributed by atoms with E-state index in [2.05, 4.69) is 4.98 Å². The van der Waals surface area contributed by atoms with E-state index < -0.39 is 16.1 Å². The van der Waals surface area contributed by atoms with Crippen LogP contribution in [0, 0.1) is 0 Å². The van der Waals surface area contributed by atoms with Crippen LogP contribution in [0.2, 0.25) is 0 Å². The number of anilines is 1. The largest absolute Gasteiger partial charge is 0.391 e. The summed E-state index contributed by atoms with van der Waals surface area (Å²) in [7, 11) is -3.50. The van der Waals surface area contributed by atoms with Crippen molar-refractivity contribution >= 4 is 15.8 Å². The lowest BCUT2D eigenvalue weighted by Crippen LogP contribution is -2.37. The maximum Gasteiger partial charge on any atom is 0.246 e. The van der Waals surface area contributed by atoms with Crippen molar-refractivity contribution in [3.8, 4) is 0 Å². The Bertz CT molecular complexity index is 599. The molecule has 3 rings (SSSR count). The first-order valence-electron chi connectivity index (χ1n) is 7.47. The highest BCUT2D eigenvalue weighted by Gasteiger charge is 2.32. The molecule has 3 heterocycles. The van der Waals surface area contributed by atoms with Crippen LogP contribution in [0.4, 0.5) is 5.82 Å². The summed E-state index contributed by atoms with van der Waals surface area (Å²) < 4.78 is 27.2. The number of hydrogen-bond acceptors (Lipinski definition) is 5. The summed E-state index contributed by atoms with van der Waals surface area (Å²) in [5.41, 5.74) is 0. The highest BCUT2D eigenvalue weighted by atomic mass is 32.2. The predicted molar refractivity (Wildman–Crippen MR) is 79.7 cm³/mol. The number of aliphatic hydroxyl groups excluding tert-OH is 1. The Morgan fingerprint density at radius 2 is 1.95 bits per heavy atom. The number of β-amino-alcohol motifs (C(OH)–C–C–N with tert-alkyl or cyclic N) is 1. The summed E-state index contributed by atoms with van der Waals surface area (Å²) >= 11 is 0. The zero-order valence-corrected chi connectivity index (χ0v) is 12.8. The second-order valence-electron chi connectivity index (χ2n) is 5.68. The van der Waals surface area contributed by atoms with Crippen molar-refractivity contribution in [2.75, 3.05) is 31.1 Å². The highest BCUT2D eigenvalue weighted by molar-refractivity contribution is 7.89. The van der Waals surface area contributed by atoms with Crippen molar-refractivity contribution in [2.45, 2.75) is 36.7 Å². The third-order valence-corrected chi connectivity index (χ3v) is 6.07. The molecule has 1 unspecified atom stereocenters. The zero-order valence-electron chi connectivity index (χ0n) is 12.0. The zero-order chi connectivity index (χ0) is 14.9. The highest BCUT2D eigenvalue weighted by Crippen LogP contribution is 2.29.